The molecule has 1 aliphatic rings. The second-order valence-electron chi connectivity index (χ2n) is 13.6. The average Bonchev–Trinajstić information content (AvgIpc) is 3.55. The fourth-order valence-electron chi connectivity index (χ4n) is 7.85. The van der Waals surface area contributed by atoms with Gasteiger partial charge >= 0.3 is 0 Å². The monoisotopic (exact) mass is 682 g/mol. The van der Waals surface area contributed by atoms with E-state index >= 15 is 0 Å². The highest BCUT2D eigenvalue weighted by Gasteiger charge is 2.29. The Hall–Kier alpha value is -6.92. The van der Waals surface area contributed by atoms with E-state index in [4.69, 9.17) is 19.9 Å². The summed E-state index contributed by atoms with van der Waals surface area (Å²) in [5.41, 5.74) is 10.4. The summed E-state index contributed by atoms with van der Waals surface area (Å²) in [5, 5.41) is 3.04. The van der Waals surface area contributed by atoms with Gasteiger partial charge in [0, 0.05) is 39.6 Å². The third kappa shape index (κ3) is 5.26. The molecule has 0 bridgehead atoms. The van der Waals surface area contributed by atoms with Gasteiger partial charge in [0.05, 0.1) is 16.7 Å². The molecule has 6 nitrogen and oxygen atoms in total. The molecule has 6 aromatic carbocycles. The molecule has 53 heavy (non-hydrogen) atoms. The number of nitrogens with zero attached hydrogens (tertiary/aromatic N) is 6. The fraction of sp³-hybridized carbons (Fsp3) is 0.0638. The van der Waals surface area contributed by atoms with E-state index in [0.29, 0.717) is 11.9 Å². The van der Waals surface area contributed by atoms with E-state index in [1.54, 1.807) is 0 Å². The maximum Gasteiger partial charge on any atom is 0.236 e. The molecule has 0 fully saturated rings. The molecule has 2 unspecified atom stereocenters. The lowest BCUT2D eigenvalue weighted by Crippen LogP contribution is -2.18. The first kappa shape index (κ1) is 30.9. The molecule has 3 heterocycles. The van der Waals surface area contributed by atoms with Crippen LogP contribution in [0.3, 0.4) is 0 Å². The van der Waals surface area contributed by atoms with E-state index in [2.05, 4.69) is 156 Å². The van der Waals surface area contributed by atoms with Gasteiger partial charge in [0.1, 0.15) is 0 Å². The first-order valence-corrected chi connectivity index (χ1v) is 18.0. The Morgan fingerprint density at radius 1 is 0.566 bits per heavy atom. The number of allylic oxidation sites excluding steroid dienone is 1. The van der Waals surface area contributed by atoms with Crippen LogP contribution in [0.2, 0.25) is 0 Å². The second kappa shape index (κ2) is 12.7. The highest BCUT2D eigenvalue weighted by Crippen LogP contribution is 2.42. The zero-order valence-electron chi connectivity index (χ0n) is 29.1. The summed E-state index contributed by atoms with van der Waals surface area (Å²) in [6.45, 7) is 2.28. The summed E-state index contributed by atoms with van der Waals surface area (Å²) >= 11 is 0. The molecular formula is C47H34N6. The number of fused-ring (bicyclic) bond motifs is 5. The van der Waals surface area contributed by atoms with Gasteiger partial charge < -0.3 is 0 Å². The molecule has 252 valence electrons. The largest absolute Gasteiger partial charge is 0.279 e. The minimum Gasteiger partial charge on any atom is -0.279 e. The van der Waals surface area contributed by atoms with E-state index in [-0.39, 0.29) is 11.8 Å². The van der Waals surface area contributed by atoms with Gasteiger partial charge in [0.15, 0.2) is 5.65 Å². The predicted octanol–water partition coefficient (Wildman–Crippen LogP) is 11.4. The number of para-hydroxylation sites is 3. The zero-order chi connectivity index (χ0) is 35.3. The van der Waals surface area contributed by atoms with E-state index in [0.717, 1.165) is 55.5 Å². The van der Waals surface area contributed by atoms with Gasteiger partial charge in [-0.15, -0.1) is 0 Å². The number of hydrogen-bond donors (Lipinski definition) is 0. The molecule has 3 aromatic heterocycles. The third-order valence-electron chi connectivity index (χ3n) is 10.4. The fourth-order valence-corrected chi connectivity index (χ4v) is 7.85. The lowest BCUT2D eigenvalue weighted by molar-refractivity contribution is 0.606. The van der Waals surface area contributed by atoms with Crippen molar-refractivity contribution in [2.75, 3.05) is 4.90 Å². The molecule has 0 radical (unpaired) electrons. The van der Waals surface area contributed by atoms with Crippen LogP contribution in [0.4, 0.5) is 17.3 Å². The zero-order valence-corrected chi connectivity index (χ0v) is 29.1. The summed E-state index contributed by atoms with van der Waals surface area (Å²) in [5.74, 6) is 1.46. The first-order valence-electron chi connectivity index (χ1n) is 18.0. The van der Waals surface area contributed by atoms with Crippen molar-refractivity contribution in [2.24, 2.45) is 5.92 Å². The summed E-state index contributed by atoms with van der Waals surface area (Å²) in [6, 6.07) is 54.7. The lowest BCUT2D eigenvalue weighted by Gasteiger charge is -2.28. The molecule has 0 amide bonds. The SMILES string of the molecule is CC1C=Cc2ccccc2C1c1nc(-n2c3ccccc3c3cnc(N(c4ccccc4)c4ccc(-c5ccccc5)cc4)nc32)nc2ccccc12. The van der Waals surface area contributed by atoms with Crippen molar-refractivity contribution in [3.8, 4) is 17.1 Å². The van der Waals surface area contributed by atoms with Crippen molar-refractivity contribution in [3.63, 3.8) is 0 Å². The van der Waals surface area contributed by atoms with Gasteiger partial charge in [0.2, 0.25) is 11.9 Å². The predicted molar refractivity (Wildman–Crippen MR) is 216 cm³/mol. The highest BCUT2D eigenvalue weighted by molar-refractivity contribution is 6.07. The van der Waals surface area contributed by atoms with Crippen LogP contribution in [0.1, 0.15) is 29.7 Å². The Labute approximate surface area is 307 Å². The average molecular weight is 683 g/mol. The van der Waals surface area contributed by atoms with Crippen molar-refractivity contribution < 1.29 is 0 Å². The Bertz CT molecular complexity index is 2810. The second-order valence-corrected chi connectivity index (χ2v) is 13.6. The minimum absolute atomic E-state index is 0.0635. The normalized spacial score (nSPS) is 15.2. The van der Waals surface area contributed by atoms with Crippen molar-refractivity contribution in [3.05, 3.63) is 187 Å². The molecule has 0 saturated heterocycles. The minimum atomic E-state index is 0.0635. The number of rotatable bonds is 6. The van der Waals surface area contributed by atoms with Crippen LogP contribution in [-0.2, 0) is 0 Å². The Kier molecular flexibility index (Phi) is 7.39. The van der Waals surface area contributed by atoms with Crippen molar-refractivity contribution in [1.82, 2.24) is 24.5 Å². The first-order chi connectivity index (χ1) is 26.2. The molecule has 9 aromatic rings. The molecule has 0 spiro atoms. The van der Waals surface area contributed by atoms with Gasteiger partial charge in [-0.2, -0.15) is 4.98 Å². The van der Waals surface area contributed by atoms with Gasteiger partial charge in [-0.1, -0.05) is 140 Å². The van der Waals surface area contributed by atoms with Gasteiger partial charge in [0.25, 0.3) is 0 Å². The van der Waals surface area contributed by atoms with Crippen LogP contribution < -0.4 is 4.90 Å². The Morgan fingerprint density at radius 2 is 1.23 bits per heavy atom. The molecule has 6 heteroatoms. The summed E-state index contributed by atoms with van der Waals surface area (Å²) in [6.07, 6.45) is 6.48. The van der Waals surface area contributed by atoms with Crippen molar-refractivity contribution in [1.29, 1.82) is 0 Å². The van der Waals surface area contributed by atoms with Crippen molar-refractivity contribution >= 4 is 56.2 Å². The maximum absolute atomic E-state index is 5.49. The molecule has 0 N–H and O–H groups in total. The summed E-state index contributed by atoms with van der Waals surface area (Å²) in [7, 11) is 0. The Morgan fingerprint density at radius 3 is 2.06 bits per heavy atom. The topological polar surface area (TPSA) is 59.7 Å². The smallest absolute Gasteiger partial charge is 0.236 e. The maximum atomic E-state index is 5.49. The number of benzene rings is 6. The van der Waals surface area contributed by atoms with Crippen LogP contribution in [0, 0.1) is 5.92 Å². The van der Waals surface area contributed by atoms with Crippen LogP contribution in [0.25, 0.3) is 56.0 Å². The number of aromatic nitrogens is 5. The lowest BCUT2D eigenvalue weighted by atomic mass is 9.77. The molecule has 0 saturated carbocycles. The van der Waals surface area contributed by atoms with Crippen LogP contribution >= 0.6 is 0 Å². The van der Waals surface area contributed by atoms with Crippen LogP contribution in [0.15, 0.2) is 170 Å². The molecule has 2 atom stereocenters. The van der Waals surface area contributed by atoms with Crippen LogP contribution in [-0.4, -0.2) is 24.5 Å². The number of anilines is 3. The van der Waals surface area contributed by atoms with Gasteiger partial charge in [-0.05, 0) is 64.6 Å². The van der Waals surface area contributed by atoms with Crippen molar-refractivity contribution in [2.45, 2.75) is 12.8 Å². The van der Waals surface area contributed by atoms with Gasteiger partial charge in [-0.25, -0.2) is 15.0 Å². The standard InChI is InChI=1S/C47H34N6/c1-31-24-25-34-16-8-9-19-37(34)43(31)44-39-21-10-12-22-41(39)49-47(50-44)53-42-23-13-11-20-38(42)40-30-48-46(51-45(40)53)52(35-17-6-3-7-18-35)36-28-26-33(27-29-36)32-14-4-2-5-15-32/h2-31,43H,1H3. The molecular weight excluding hydrogens is 649 g/mol. The highest BCUT2D eigenvalue weighted by atomic mass is 15.3. The van der Waals surface area contributed by atoms with Crippen LogP contribution in [0.5, 0.6) is 0 Å². The van der Waals surface area contributed by atoms with E-state index in [9.17, 15) is 0 Å². The van der Waals surface area contributed by atoms with Gasteiger partial charge in [-0.3, -0.25) is 9.47 Å². The summed E-state index contributed by atoms with van der Waals surface area (Å²) < 4.78 is 2.11. The molecule has 0 aliphatic heterocycles. The van der Waals surface area contributed by atoms with E-state index in [1.165, 1.54) is 16.7 Å². The third-order valence-corrected chi connectivity index (χ3v) is 10.4. The Balaban J connectivity index is 1.19. The molecule has 1 aliphatic carbocycles. The molecule has 10 rings (SSSR count). The number of hydrogen-bond acceptors (Lipinski definition) is 5. The van der Waals surface area contributed by atoms with E-state index in [1.807, 2.05) is 36.5 Å². The van der Waals surface area contributed by atoms with E-state index < -0.39 is 0 Å². The quantitative estimate of drug-likeness (QED) is 0.175. The summed E-state index contributed by atoms with van der Waals surface area (Å²) in [4.78, 5) is 23.2.